The van der Waals surface area contributed by atoms with Crippen molar-refractivity contribution < 1.29 is 17.9 Å². The van der Waals surface area contributed by atoms with Gasteiger partial charge in [0.25, 0.3) is 10.0 Å². The van der Waals surface area contributed by atoms with Crippen LogP contribution in [0.4, 0.5) is 0 Å². The number of benzene rings is 2. The smallest absolute Gasteiger partial charge is 0.285 e. The summed E-state index contributed by atoms with van der Waals surface area (Å²) in [6.45, 7) is 0.301. The Kier molecular flexibility index (Phi) is 4.94. The Morgan fingerprint density at radius 2 is 1.85 bits per heavy atom. The van der Waals surface area contributed by atoms with Gasteiger partial charge in [-0.25, -0.2) is 0 Å². The molecule has 2 aromatic carbocycles. The van der Waals surface area contributed by atoms with E-state index in [-0.39, 0.29) is 23.2 Å². The molecule has 1 heterocycles. The molecule has 0 atom stereocenters. The number of rotatable bonds is 5. The average molecular weight is 373 g/mol. The molecule has 1 aliphatic heterocycles. The molecule has 1 aliphatic rings. The normalized spacial score (nSPS) is 14.3. The number of amidine groups is 1. The molecule has 0 aromatic heterocycles. The monoisotopic (exact) mass is 373 g/mol. The first-order chi connectivity index (χ1) is 12.4. The molecular weight excluding hydrogens is 354 g/mol. The molecule has 2 aromatic rings. The lowest BCUT2D eigenvalue weighted by atomic mass is 10.2. The molecule has 136 valence electrons. The van der Waals surface area contributed by atoms with E-state index >= 15 is 0 Å². The molecule has 8 heteroatoms. The number of fused-ring (bicyclic) bond motifs is 1. The largest absolute Gasteiger partial charge is 0.496 e. The maximum Gasteiger partial charge on any atom is 0.285 e. The third-order valence-electron chi connectivity index (χ3n) is 4.02. The minimum Gasteiger partial charge on any atom is -0.496 e. The van der Waals surface area contributed by atoms with Gasteiger partial charge in [0.2, 0.25) is 5.91 Å². The van der Waals surface area contributed by atoms with E-state index in [1.54, 1.807) is 32.4 Å². The van der Waals surface area contributed by atoms with Crippen molar-refractivity contribution in [1.29, 1.82) is 0 Å². The molecule has 7 nitrogen and oxygen atoms in total. The molecule has 0 unspecified atom stereocenters. The predicted molar refractivity (Wildman–Crippen MR) is 97.6 cm³/mol. The fourth-order valence-electron chi connectivity index (χ4n) is 2.75. The number of ether oxygens (including phenoxy) is 1. The van der Waals surface area contributed by atoms with Crippen molar-refractivity contribution in [2.24, 2.45) is 4.40 Å². The number of carbonyl (C=O) groups is 1. The molecule has 0 fully saturated rings. The van der Waals surface area contributed by atoms with Crippen molar-refractivity contribution in [3.63, 3.8) is 0 Å². The number of likely N-dealkylation sites (N-methyl/N-ethyl adjacent to an activating group) is 1. The van der Waals surface area contributed by atoms with Crippen LogP contribution in [-0.2, 0) is 21.4 Å². The van der Waals surface area contributed by atoms with Crippen LogP contribution >= 0.6 is 0 Å². The lowest BCUT2D eigenvalue weighted by Crippen LogP contribution is -2.38. The average Bonchev–Trinajstić information content (AvgIpc) is 2.92. The highest BCUT2D eigenvalue weighted by molar-refractivity contribution is 7.90. The van der Waals surface area contributed by atoms with Gasteiger partial charge in [-0.1, -0.05) is 30.3 Å². The number of hydrogen-bond donors (Lipinski definition) is 1. The van der Waals surface area contributed by atoms with Crippen LogP contribution in [0, 0.1) is 0 Å². The van der Waals surface area contributed by atoms with Crippen molar-refractivity contribution in [2.45, 2.75) is 11.4 Å². The van der Waals surface area contributed by atoms with Gasteiger partial charge in [0.1, 0.15) is 10.6 Å². The molecule has 0 radical (unpaired) electrons. The topological polar surface area (TPSA) is 88.1 Å². The standard InChI is InChI=1S/C18H19N3O4S/c1-21(18-14-8-4-6-10-16(14)26(23,24)20-18)12-17(22)19-11-13-7-3-5-9-15(13)25-2/h3-10H,11-12H2,1-2H3,(H,19,22). The Hall–Kier alpha value is -2.87. The van der Waals surface area contributed by atoms with Crippen molar-refractivity contribution >= 4 is 21.8 Å². The molecule has 0 bridgehead atoms. The number of carbonyl (C=O) groups excluding carboxylic acids is 1. The van der Waals surface area contributed by atoms with Gasteiger partial charge in [0, 0.05) is 24.7 Å². The van der Waals surface area contributed by atoms with Crippen LogP contribution < -0.4 is 10.1 Å². The van der Waals surface area contributed by atoms with Crippen LogP contribution in [0.3, 0.4) is 0 Å². The van der Waals surface area contributed by atoms with Crippen molar-refractivity contribution in [3.8, 4) is 5.75 Å². The van der Waals surface area contributed by atoms with E-state index in [4.69, 9.17) is 4.74 Å². The van der Waals surface area contributed by atoms with E-state index in [0.29, 0.717) is 17.9 Å². The highest BCUT2D eigenvalue weighted by Gasteiger charge is 2.30. The van der Waals surface area contributed by atoms with Gasteiger partial charge in [-0.3, -0.25) is 4.79 Å². The molecule has 0 spiro atoms. The second-order valence-electron chi connectivity index (χ2n) is 5.83. The summed E-state index contributed by atoms with van der Waals surface area (Å²) in [6.07, 6.45) is 0. The second kappa shape index (κ2) is 7.17. The van der Waals surface area contributed by atoms with Crippen LogP contribution in [-0.4, -0.2) is 45.8 Å². The Labute approximate surface area is 152 Å². The van der Waals surface area contributed by atoms with Crippen LogP contribution in [0.15, 0.2) is 57.8 Å². The Morgan fingerprint density at radius 1 is 1.15 bits per heavy atom. The first kappa shape index (κ1) is 17.9. The Bertz CT molecular complexity index is 970. The van der Waals surface area contributed by atoms with E-state index in [1.807, 2.05) is 24.3 Å². The minimum absolute atomic E-state index is 0.0160. The van der Waals surface area contributed by atoms with Crippen LogP contribution in [0.5, 0.6) is 5.75 Å². The summed E-state index contributed by atoms with van der Waals surface area (Å²) in [6, 6.07) is 14.0. The number of hydrogen-bond acceptors (Lipinski definition) is 5. The number of amides is 1. The fourth-order valence-corrected chi connectivity index (χ4v) is 4.00. The third kappa shape index (κ3) is 3.55. The first-order valence-corrected chi connectivity index (χ1v) is 9.40. The Morgan fingerprint density at radius 3 is 2.62 bits per heavy atom. The summed E-state index contributed by atoms with van der Waals surface area (Å²) in [7, 11) is -0.490. The summed E-state index contributed by atoms with van der Waals surface area (Å²) >= 11 is 0. The van der Waals surface area contributed by atoms with E-state index in [2.05, 4.69) is 9.71 Å². The van der Waals surface area contributed by atoms with Gasteiger partial charge >= 0.3 is 0 Å². The second-order valence-corrected chi connectivity index (χ2v) is 7.40. The summed E-state index contributed by atoms with van der Waals surface area (Å²) < 4.78 is 33.3. The van der Waals surface area contributed by atoms with Gasteiger partial charge in [0.15, 0.2) is 5.84 Å². The zero-order chi connectivity index (χ0) is 18.7. The van der Waals surface area contributed by atoms with Gasteiger partial charge in [-0.2, -0.15) is 8.42 Å². The molecule has 1 amide bonds. The van der Waals surface area contributed by atoms with Gasteiger partial charge in [-0.05, 0) is 18.2 Å². The molecule has 3 rings (SSSR count). The molecule has 0 aliphatic carbocycles. The number of methoxy groups -OCH3 is 1. The summed E-state index contributed by atoms with van der Waals surface area (Å²) in [5.74, 6) is 0.720. The van der Waals surface area contributed by atoms with Crippen molar-refractivity contribution in [1.82, 2.24) is 10.2 Å². The van der Waals surface area contributed by atoms with Crippen molar-refractivity contribution in [3.05, 3.63) is 59.7 Å². The van der Waals surface area contributed by atoms with Gasteiger partial charge < -0.3 is 15.0 Å². The van der Waals surface area contributed by atoms with Crippen LogP contribution in [0.25, 0.3) is 0 Å². The number of nitrogens with zero attached hydrogens (tertiary/aromatic N) is 2. The van der Waals surface area contributed by atoms with Crippen LogP contribution in [0.2, 0.25) is 0 Å². The highest BCUT2D eigenvalue weighted by Crippen LogP contribution is 2.26. The van der Waals surface area contributed by atoms with E-state index in [0.717, 1.165) is 5.56 Å². The minimum atomic E-state index is -3.70. The number of sulfonamides is 1. The summed E-state index contributed by atoms with van der Waals surface area (Å²) in [5, 5.41) is 2.81. The maximum atomic E-state index is 12.3. The fraction of sp³-hybridized carbons (Fsp3) is 0.222. The molecule has 0 saturated carbocycles. The molecule has 26 heavy (non-hydrogen) atoms. The van der Waals surface area contributed by atoms with Crippen molar-refractivity contribution in [2.75, 3.05) is 20.7 Å². The predicted octanol–water partition coefficient (Wildman–Crippen LogP) is 1.39. The lowest BCUT2D eigenvalue weighted by Gasteiger charge is -2.18. The molecule has 0 saturated heterocycles. The third-order valence-corrected chi connectivity index (χ3v) is 5.35. The Balaban J connectivity index is 1.67. The van der Waals surface area contributed by atoms with Crippen LogP contribution in [0.1, 0.15) is 11.1 Å². The van der Waals surface area contributed by atoms with E-state index in [1.165, 1.54) is 11.0 Å². The quantitative estimate of drug-likeness (QED) is 0.856. The number of para-hydroxylation sites is 1. The molecular formula is C18H19N3O4S. The van der Waals surface area contributed by atoms with Gasteiger partial charge in [-0.15, -0.1) is 4.40 Å². The zero-order valence-corrected chi connectivity index (χ0v) is 15.3. The number of nitrogens with one attached hydrogen (secondary N) is 1. The maximum absolute atomic E-state index is 12.3. The SMILES string of the molecule is COc1ccccc1CNC(=O)CN(C)C1=NS(=O)(=O)c2ccccc21. The lowest BCUT2D eigenvalue weighted by molar-refractivity contribution is -0.121. The van der Waals surface area contributed by atoms with E-state index < -0.39 is 10.0 Å². The van der Waals surface area contributed by atoms with E-state index in [9.17, 15) is 13.2 Å². The summed E-state index contributed by atoms with van der Waals surface area (Å²) in [4.78, 5) is 14.0. The first-order valence-electron chi connectivity index (χ1n) is 7.96. The summed E-state index contributed by atoms with van der Waals surface area (Å²) in [5.41, 5.74) is 1.37. The van der Waals surface area contributed by atoms with Gasteiger partial charge in [0.05, 0.1) is 13.7 Å². The molecule has 1 N–H and O–H groups in total. The highest BCUT2D eigenvalue weighted by atomic mass is 32.2. The zero-order valence-electron chi connectivity index (χ0n) is 14.5.